The van der Waals surface area contributed by atoms with Crippen molar-refractivity contribution in [2.45, 2.75) is 25.4 Å². The molecule has 0 aliphatic carbocycles. The molecule has 0 spiro atoms. The third-order valence-electron chi connectivity index (χ3n) is 6.60. The standard InChI is InChI=1S/C21H22NO5/c1-22-6-5-13-8-17-20(27-11-25-17)21(23-2)18(13)15(22)7-12-3-4-16-19(14(12)9-22)26-10-24-16/h3-4,8,15H,5-7,9-11H2,1-2H3/q+1/t15-,22+/m0/s1. The number of fused-ring (bicyclic) bond motifs is 7. The van der Waals surface area contributed by atoms with Gasteiger partial charge in [-0.3, -0.25) is 0 Å². The summed E-state index contributed by atoms with van der Waals surface area (Å²) in [5, 5.41) is 0. The monoisotopic (exact) mass is 368 g/mol. The van der Waals surface area contributed by atoms with E-state index in [1.807, 2.05) is 6.07 Å². The van der Waals surface area contributed by atoms with E-state index in [2.05, 4.69) is 19.2 Å². The molecule has 140 valence electrons. The van der Waals surface area contributed by atoms with Gasteiger partial charge in [0.15, 0.2) is 23.0 Å². The van der Waals surface area contributed by atoms with E-state index in [0.29, 0.717) is 12.8 Å². The zero-order chi connectivity index (χ0) is 18.2. The Morgan fingerprint density at radius 2 is 1.81 bits per heavy atom. The molecular weight excluding hydrogens is 346 g/mol. The highest BCUT2D eigenvalue weighted by Gasteiger charge is 2.47. The Hall–Kier alpha value is -2.60. The van der Waals surface area contributed by atoms with Gasteiger partial charge in [0.1, 0.15) is 12.6 Å². The van der Waals surface area contributed by atoms with E-state index in [-0.39, 0.29) is 6.79 Å². The van der Waals surface area contributed by atoms with Crippen molar-refractivity contribution < 1.29 is 28.2 Å². The van der Waals surface area contributed by atoms with E-state index in [4.69, 9.17) is 23.7 Å². The topological polar surface area (TPSA) is 46.2 Å². The van der Waals surface area contributed by atoms with Crippen molar-refractivity contribution in [3.8, 4) is 28.7 Å². The van der Waals surface area contributed by atoms with Gasteiger partial charge in [-0.25, -0.2) is 0 Å². The molecule has 6 nitrogen and oxygen atoms in total. The lowest BCUT2D eigenvalue weighted by Gasteiger charge is -2.49. The van der Waals surface area contributed by atoms with Gasteiger partial charge in [0.05, 0.1) is 31.8 Å². The molecule has 27 heavy (non-hydrogen) atoms. The van der Waals surface area contributed by atoms with Crippen LogP contribution in [0.3, 0.4) is 0 Å². The van der Waals surface area contributed by atoms with Crippen LogP contribution < -0.4 is 23.7 Å². The first-order valence-electron chi connectivity index (χ1n) is 9.42. The van der Waals surface area contributed by atoms with Crippen LogP contribution >= 0.6 is 0 Å². The van der Waals surface area contributed by atoms with Crippen LogP contribution in [0.1, 0.15) is 28.3 Å². The summed E-state index contributed by atoms with van der Waals surface area (Å²) in [6.45, 7) is 2.59. The van der Waals surface area contributed by atoms with E-state index in [9.17, 15) is 0 Å². The second-order valence-electron chi connectivity index (χ2n) is 7.98. The Morgan fingerprint density at radius 1 is 1.00 bits per heavy atom. The fourth-order valence-electron chi connectivity index (χ4n) is 5.21. The van der Waals surface area contributed by atoms with Crippen molar-refractivity contribution in [3.63, 3.8) is 0 Å². The van der Waals surface area contributed by atoms with Crippen LogP contribution in [-0.4, -0.2) is 38.8 Å². The van der Waals surface area contributed by atoms with Crippen molar-refractivity contribution in [2.24, 2.45) is 0 Å². The smallest absolute Gasteiger partial charge is 0.231 e. The predicted octanol–water partition coefficient (Wildman–Crippen LogP) is 2.95. The maximum Gasteiger partial charge on any atom is 0.231 e. The highest BCUT2D eigenvalue weighted by atomic mass is 16.7. The first-order valence-corrected chi connectivity index (χ1v) is 9.42. The predicted molar refractivity (Wildman–Crippen MR) is 96.6 cm³/mol. The van der Waals surface area contributed by atoms with Crippen LogP contribution in [-0.2, 0) is 19.4 Å². The quantitative estimate of drug-likeness (QED) is 0.725. The zero-order valence-corrected chi connectivity index (χ0v) is 15.5. The number of hydrogen-bond donors (Lipinski definition) is 0. The van der Waals surface area contributed by atoms with E-state index in [1.54, 1.807) is 7.11 Å². The molecule has 0 aromatic heterocycles. The summed E-state index contributed by atoms with van der Waals surface area (Å²) in [5.41, 5.74) is 5.24. The summed E-state index contributed by atoms with van der Waals surface area (Å²) in [5.74, 6) is 4.21. The summed E-state index contributed by atoms with van der Waals surface area (Å²) in [6, 6.07) is 6.71. The maximum absolute atomic E-state index is 5.85. The average Bonchev–Trinajstić information content (AvgIpc) is 3.33. The van der Waals surface area contributed by atoms with E-state index < -0.39 is 0 Å². The van der Waals surface area contributed by atoms with Gasteiger partial charge in [-0.1, -0.05) is 6.07 Å². The first kappa shape index (κ1) is 15.5. The molecule has 0 radical (unpaired) electrons. The molecule has 6 rings (SSSR count). The van der Waals surface area contributed by atoms with Crippen molar-refractivity contribution in [3.05, 3.63) is 40.5 Å². The lowest BCUT2D eigenvalue weighted by molar-refractivity contribution is -0.956. The van der Waals surface area contributed by atoms with Gasteiger partial charge in [-0.15, -0.1) is 0 Å². The van der Waals surface area contributed by atoms with Crippen LogP contribution in [0.4, 0.5) is 0 Å². The number of quaternary nitrogens is 1. The molecule has 0 saturated carbocycles. The van der Waals surface area contributed by atoms with E-state index >= 15 is 0 Å². The van der Waals surface area contributed by atoms with Crippen LogP contribution in [0.15, 0.2) is 18.2 Å². The molecule has 4 aliphatic heterocycles. The van der Waals surface area contributed by atoms with Gasteiger partial charge in [0.2, 0.25) is 19.3 Å². The Kier molecular flexibility index (Phi) is 2.99. The van der Waals surface area contributed by atoms with Gasteiger partial charge >= 0.3 is 0 Å². The number of benzene rings is 2. The SMILES string of the molecule is COc1c2c(cc3c1[C@@H]1Cc4ccc5c(c4C[N@@+]1(C)CC3)OCO5)OCO2. The van der Waals surface area contributed by atoms with E-state index in [0.717, 1.165) is 59.2 Å². The molecule has 2 aromatic carbocycles. The molecule has 4 heterocycles. The highest BCUT2D eigenvalue weighted by molar-refractivity contribution is 5.62. The third kappa shape index (κ3) is 1.99. The molecule has 6 heteroatoms. The molecule has 0 unspecified atom stereocenters. The number of likely N-dealkylation sites (N-methyl/N-ethyl adjacent to an activating group) is 1. The maximum atomic E-state index is 5.85. The van der Waals surface area contributed by atoms with Crippen LogP contribution in [0.5, 0.6) is 28.7 Å². The number of nitrogens with zero attached hydrogens (tertiary/aromatic N) is 1. The number of rotatable bonds is 1. The average molecular weight is 368 g/mol. The molecule has 0 N–H and O–H groups in total. The zero-order valence-electron chi connectivity index (χ0n) is 15.5. The van der Waals surface area contributed by atoms with E-state index in [1.165, 1.54) is 22.3 Å². The molecule has 0 saturated heterocycles. The Morgan fingerprint density at radius 3 is 2.67 bits per heavy atom. The summed E-state index contributed by atoms with van der Waals surface area (Å²) in [7, 11) is 4.07. The van der Waals surface area contributed by atoms with Gasteiger partial charge in [-0.05, 0) is 23.3 Å². The van der Waals surface area contributed by atoms with Crippen molar-refractivity contribution >= 4 is 0 Å². The second kappa shape index (κ2) is 5.23. The molecular formula is C21H22NO5+. The fraction of sp³-hybridized carbons (Fsp3) is 0.429. The Bertz CT molecular complexity index is 972. The largest absolute Gasteiger partial charge is 0.492 e. The van der Waals surface area contributed by atoms with Crippen molar-refractivity contribution in [1.82, 2.24) is 0 Å². The first-order chi connectivity index (χ1) is 13.2. The fourth-order valence-corrected chi connectivity index (χ4v) is 5.21. The summed E-state index contributed by atoms with van der Waals surface area (Å²) < 4.78 is 29.6. The number of methoxy groups -OCH3 is 1. The Balaban J connectivity index is 1.53. The minimum Gasteiger partial charge on any atom is -0.492 e. The minimum absolute atomic E-state index is 0.262. The highest BCUT2D eigenvalue weighted by Crippen LogP contribution is 2.54. The molecule has 0 fully saturated rings. The van der Waals surface area contributed by atoms with Gasteiger partial charge < -0.3 is 28.2 Å². The molecule has 2 atom stereocenters. The van der Waals surface area contributed by atoms with Crippen LogP contribution in [0, 0.1) is 0 Å². The second-order valence-corrected chi connectivity index (χ2v) is 7.98. The van der Waals surface area contributed by atoms with Gasteiger partial charge in [-0.2, -0.15) is 0 Å². The van der Waals surface area contributed by atoms with Crippen LogP contribution in [0.2, 0.25) is 0 Å². The lowest BCUT2D eigenvalue weighted by Crippen LogP contribution is -2.53. The normalized spacial score (nSPS) is 26.2. The summed E-state index contributed by atoms with van der Waals surface area (Å²) in [6.07, 6.45) is 1.95. The van der Waals surface area contributed by atoms with Crippen molar-refractivity contribution in [1.29, 1.82) is 0 Å². The summed E-state index contributed by atoms with van der Waals surface area (Å²) >= 11 is 0. The van der Waals surface area contributed by atoms with Gasteiger partial charge in [0.25, 0.3) is 0 Å². The third-order valence-corrected chi connectivity index (χ3v) is 6.60. The van der Waals surface area contributed by atoms with Gasteiger partial charge in [0, 0.05) is 12.8 Å². The minimum atomic E-state index is 0.262. The van der Waals surface area contributed by atoms with Crippen LogP contribution in [0.25, 0.3) is 0 Å². The lowest BCUT2D eigenvalue weighted by atomic mass is 9.81. The van der Waals surface area contributed by atoms with Crippen molar-refractivity contribution in [2.75, 3.05) is 34.3 Å². The molecule has 4 aliphatic rings. The number of ether oxygens (including phenoxy) is 5. The Labute approximate surface area is 157 Å². The number of hydrogen-bond acceptors (Lipinski definition) is 5. The molecule has 0 amide bonds. The molecule has 0 bridgehead atoms. The summed E-state index contributed by atoms with van der Waals surface area (Å²) in [4.78, 5) is 0. The molecule has 2 aromatic rings.